The zero-order chi connectivity index (χ0) is 11.4. The lowest BCUT2D eigenvalue weighted by Gasteiger charge is -2.18. The lowest BCUT2D eigenvalue weighted by Crippen LogP contribution is -2.47. The molecule has 0 aromatic rings. The first-order valence-corrected chi connectivity index (χ1v) is 4.69. The summed E-state index contributed by atoms with van der Waals surface area (Å²) in [5, 5.41) is 14.7. The van der Waals surface area contributed by atoms with Crippen LogP contribution in [0.3, 0.4) is 0 Å². The molecule has 1 unspecified atom stereocenters. The molecule has 0 radical (unpaired) electrons. The van der Waals surface area contributed by atoms with Gasteiger partial charge in [0, 0.05) is 6.54 Å². The number of hydrogen-bond donors (Lipinski definition) is 2. The van der Waals surface area contributed by atoms with Crippen molar-refractivity contribution in [3.63, 3.8) is 0 Å². The molecule has 2 atom stereocenters. The molecule has 1 fully saturated rings. The number of carbonyl (C=O) groups excluding carboxylic acids is 1. The van der Waals surface area contributed by atoms with E-state index in [1.807, 2.05) is 0 Å². The van der Waals surface area contributed by atoms with Gasteiger partial charge in [0.2, 0.25) is 5.91 Å². The van der Waals surface area contributed by atoms with Crippen LogP contribution in [-0.2, 0) is 9.59 Å². The SMILES string of the molecule is C[C@H](NC(=O)C1CCCN1N=O)C(=O)O. The van der Waals surface area contributed by atoms with E-state index in [0.29, 0.717) is 19.4 Å². The van der Waals surface area contributed by atoms with E-state index in [1.165, 1.54) is 6.92 Å². The van der Waals surface area contributed by atoms with Crippen molar-refractivity contribution in [2.75, 3.05) is 6.54 Å². The normalized spacial score (nSPS) is 22.2. The molecule has 7 heteroatoms. The predicted octanol–water partition coefficient (Wildman–Crippen LogP) is -0.279. The number of carboxylic acids is 1. The molecule has 15 heavy (non-hydrogen) atoms. The average Bonchev–Trinajstić information content (AvgIpc) is 2.64. The Kier molecular flexibility index (Phi) is 3.59. The summed E-state index contributed by atoms with van der Waals surface area (Å²) in [6.07, 6.45) is 1.25. The maximum absolute atomic E-state index is 11.5. The van der Waals surface area contributed by atoms with Crippen LogP contribution in [0.15, 0.2) is 5.29 Å². The molecule has 0 saturated carbocycles. The van der Waals surface area contributed by atoms with Crippen LogP contribution in [-0.4, -0.2) is 40.6 Å². The first-order valence-electron chi connectivity index (χ1n) is 4.69. The number of nitrogens with one attached hydrogen (secondary N) is 1. The molecule has 0 bridgehead atoms. The van der Waals surface area contributed by atoms with E-state index in [9.17, 15) is 14.5 Å². The van der Waals surface area contributed by atoms with Crippen LogP contribution in [0, 0.1) is 4.91 Å². The molecule has 1 amide bonds. The smallest absolute Gasteiger partial charge is 0.325 e. The minimum Gasteiger partial charge on any atom is -0.480 e. The fourth-order valence-corrected chi connectivity index (χ4v) is 1.49. The van der Waals surface area contributed by atoms with Crippen LogP contribution in [0.25, 0.3) is 0 Å². The van der Waals surface area contributed by atoms with Crippen molar-refractivity contribution in [2.45, 2.75) is 31.8 Å². The van der Waals surface area contributed by atoms with Gasteiger partial charge in [0.1, 0.15) is 12.1 Å². The average molecular weight is 215 g/mol. The lowest BCUT2D eigenvalue weighted by molar-refractivity contribution is -0.142. The van der Waals surface area contributed by atoms with Crippen LogP contribution >= 0.6 is 0 Å². The molecule has 2 N–H and O–H groups in total. The number of rotatable bonds is 4. The molecule has 1 heterocycles. The van der Waals surface area contributed by atoms with Crippen molar-refractivity contribution in [2.24, 2.45) is 5.29 Å². The Hall–Kier alpha value is -1.66. The number of carbonyl (C=O) groups is 2. The van der Waals surface area contributed by atoms with E-state index in [0.717, 1.165) is 5.01 Å². The van der Waals surface area contributed by atoms with Crippen molar-refractivity contribution in [1.29, 1.82) is 0 Å². The van der Waals surface area contributed by atoms with Gasteiger partial charge >= 0.3 is 5.97 Å². The van der Waals surface area contributed by atoms with E-state index in [4.69, 9.17) is 5.11 Å². The first-order chi connectivity index (χ1) is 7.06. The molecule has 0 spiro atoms. The van der Waals surface area contributed by atoms with E-state index in [-0.39, 0.29) is 0 Å². The molecule has 1 aliphatic rings. The van der Waals surface area contributed by atoms with E-state index in [2.05, 4.69) is 10.6 Å². The predicted molar refractivity (Wildman–Crippen MR) is 50.8 cm³/mol. The molecule has 1 saturated heterocycles. The standard InChI is InChI=1S/C8H13N3O4/c1-5(8(13)14)9-7(12)6-3-2-4-11(6)10-15/h5-6H,2-4H2,1H3,(H,9,12)(H,13,14)/t5-,6?/m0/s1. The zero-order valence-corrected chi connectivity index (χ0v) is 8.34. The summed E-state index contributed by atoms with van der Waals surface area (Å²) in [6, 6.07) is -1.57. The van der Waals surface area contributed by atoms with Crippen molar-refractivity contribution >= 4 is 11.9 Å². The van der Waals surface area contributed by atoms with Crippen LogP contribution in [0.4, 0.5) is 0 Å². The third kappa shape index (κ3) is 2.64. The van der Waals surface area contributed by atoms with Gasteiger partial charge < -0.3 is 10.4 Å². The second-order valence-electron chi connectivity index (χ2n) is 3.47. The summed E-state index contributed by atoms with van der Waals surface area (Å²) in [5.41, 5.74) is 0. The highest BCUT2D eigenvalue weighted by Crippen LogP contribution is 2.17. The van der Waals surface area contributed by atoms with Gasteiger partial charge in [-0.2, -0.15) is 0 Å². The van der Waals surface area contributed by atoms with Gasteiger partial charge in [-0.3, -0.25) is 9.59 Å². The number of nitroso groups, excluding NO2 is 1. The highest BCUT2D eigenvalue weighted by atomic mass is 16.4. The summed E-state index contributed by atoms with van der Waals surface area (Å²) in [6.45, 7) is 1.82. The summed E-state index contributed by atoms with van der Waals surface area (Å²) < 4.78 is 0. The lowest BCUT2D eigenvalue weighted by atomic mass is 10.2. The minimum absolute atomic E-state index is 0.447. The maximum atomic E-state index is 11.5. The highest BCUT2D eigenvalue weighted by molar-refractivity contribution is 5.86. The Balaban J connectivity index is 2.53. The fourth-order valence-electron chi connectivity index (χ4n) is 1.49. The van der Waals surface area contributed by atoms with E-state index < -0.39 is 24.0 Å². The van der Waals surface area contributed by atoms with Gasteiger partial charge in [0.25, 0.3) is 0 Å². The Bertz CT molecular complexity index is 281. The summed E-state index contributed by atoms with van der Waals surface area (Å²) in [7, 11) is 0. The number of carboxylic acid groups (broad SMARTS) is 1. The van der Waals surface area contributed by atoms with Crippen LogP contribution in [0.2, 0.25) is 0 Å². The van der Waals surface area contributed by atoms with Gasteiger partial charge in [-0.25, -0.2) is 5.01 Å². The monoisotopic (exact) mass is 215 g/mol. The third-order valence-electron chi connectivity index (χ3n) is 2.36. The molecule has 1 rings (SSSR count). The van der Waals surface area contributed by atoms with Gasteiger partial charge in [-0.15, -0.1) is 4.91 Å². The second kappa shape index (κ2) is 4.72. The first kappa shape index (κ1) is 11.4. The van der Waals surface area contributed by atoms with Gasteiger partial charge in [-0.05, 0) is 19.8 Å². The zero-order valence-electron chi connectivity index (χ0n) is 8.34. The van der Waals surface area contributed by atoms with Crippen LogP contribution < -0.4 is 5.32 Å². The Morgan fingerprint density at radius 1 is 1.60 bits per heavy atom. The van der Waals surface area contributed by atoms with Crippen molar-refractivity contribution < 1.29 is 14.7 Å². The number of aliphatic carboxylic acids is 1. The van der Waals surface area contributed by atoms with Crippen molar-refractivity contribution in [3.05, 3.63) is 4.91 Å². The number of amides is 1. The van der Waals surface area contributed by atoms with Gasteiger partial charge in [-0.1, -0.05) is 0 Å². The Morgan fingerprint density at radius 3 is 2.80 bits per heavy atom. The summed E-state index contributed by atoms with van der Waals surface area (Å²) in [5.74, 6) is -1.56. The topological polar surface area (TPSA) is 99.1 Å². The molecular formula is C8H13N3O4. The van der Waals surface area contributed by atoms with E-state index >= 15 is 0 Å². The van der Waals surface area contributed by atoms with Crippen molar-refractivity contribution in [3.8, 4) is 0 Å². The third-order valence-corrected chi connectivity index (χ3v) is 2.36. The number of nitrogens with zero attached hydrogens (tertiary/aromatic N) is 2. The maximum Gasteiger partial charge on any atom is 0.325 e. The van der Waals surface area contributed by atoms with Gasteiger partial charge in [0.15, 0.2) is 0 Å². The fraction of sp³-hybridized carbons (Fsp3) is 0.750. The summed E-state index contributed by atoms with van der Waals surface area (Å²) >= 11 is 0. The Labute approximate surface area is 86.4 Å². The number of hydrogen-bond acceptors (Lipinski definition) is 4. The molecule has 84 valence electrons. The quantitative estimate of drug-likeness (QED) is 0.628. The molecule has 0 aromatic carbocycles. The van der Waals surface area contributed by atoms with Crippen LogP contribution in [0.5, 0.6) is 0 Å². The van der Waals surface area contributed by atoms with Crippen molar-refractivity contribution in [1.82, 2.24) is 10.3 Å². The molecule has 7 nitrogen and oxygen atoms in total. The Morgan fingerprint density at radius 2 is 2.27 bits per heavy atom. The van der Waals surface area contributed by atoms with Gasteiger partial charge in [0.05, 0.1) is 5.29 Å². The highest BCUT2D eigenvalue weighted by Gasteiger charge is 2.32. The largest absolute Gasteiger partial charge is 0.480 e. The van der Waals surface area contributed by atoms with E-state index in [1.54, 1.807) is 0 Å². The van der Waals surface area contributed by atoms with Crippen LogP contribution in [0.1, 0.15) is 19.8 Å². The molecular weight excluding hydrogens is 202 g/mol. The molecule has 0 aliphatic carbocycles. The minimum atomic E-state index is -1.10. The summed E-state index contributed by atoms with van der Waals surface area (Å²) in [4.78, 5) is 32.3. The second-order valence-corrected chi connectivity index (χ2v) is 3.47. The molecule has 1 aliphatic heterocycles. The molecule has 0 aromatic heterocycles.